The van der Waals surface area contributed by atoms with Crippen molar-refractivity contribution >= 4 is 27.5 Å². The Morgan fingerprint density at radius 3 is 2.22 bits per heavy atom. The molecule has 1 amide bonds. The van der Waals surface area contributed by atoms with Gasteiger partial charge in [-0.3, -0.25) is 4.79 Å². The highest BCUT2D eigenvalue weighted by molar-refractivity contribution is 6.17. The minimum absolute atomic E-state index is 0.0445. The largest absolute Gasteiger partial charge is 0.355 e. The molecule has 0 heterocycles. The fourth-order valence-corrected chi connectivity index (χ4v) is 2.38. The number of carbonyl (C=O) groups excluding carboxylic acids is 1. The van der Waals surface area contributed by atoms with E-state index in [-0.39, 0.29) is 5.91 Å². The van der Waals surface area contributed by atoms with Gasteiger partial charge >= 0.3 is 0 Å². The van der Waals surface area contributed by atoms with E-state index in [0.717, 1.165) is 21.7 Å². The monoisotopic (exact) mass is 235 g/mol. The summed E-state index contributed by atoms with van der Waals surface area (Å²) in [5, 5.41) is 7.09. The Labute approximate surface area is 105 Å². The molecule has 0 atom stereocenters. The maximum absolute atomic E-state index is 12.0. The molecule has 0 saturated carbocycles. The molecule has 0 fully saturated rings. The zero-order valence-corrected chi connectivity index (χ0v) is 10.1. The van der Waals surface area contributed by atoms with Crippen LogP contribution in [0, 0.1) is 0 Å². The SMILES string of the molecule is CNC(=O)c1cc2ccccc2c2ccccc12. The van der Waals surface area contributed by atoms with E-state index in [2.05, 4.69) is 17.4 Å². The second-order valence-electron chi connectivity index (χ2n) is 4.27. The maximum atomic E-state index is 12.0. The van der Waals surface area contributed by atoms with Crippen LogP contribution in [0.4, 0.5) is 0 Å². The standard InChI is InChI=1S/C16H13NO/c1-17-16(18)15-10-11-6-2-3-7-12(11)13-8-4-5-9-14(13)15/h2-10H,1H3,(H,17,18). The molecule has 0 bridgehead atoms. The summed E-state index contributed by atoms with van der Waals surface area (Å²) in [7, 11) is 1.66. The summed E-state index contributed by atoms with van der Waals surface area (Å²) in [6.45, 7) is 0. The zero-order chi connectivity index (χ0) is 12.5. The summed E-state index contributed by atoms with van der Waals surface area (Å²) in [5.74, 6) is -0.0445. The molecule has 0 aliphatic carbocycles. The Morgan fingerprint density at radius 2 is 1.50 bits per heavy atom. The molecule has 0 aliphatic rings. The van der Waals surface area contributed by atoms with E-state index in [4.69, 9.17) is 0 Å². The molecule has 88 valence electrons. The van der Waals surface area contributed by atoms with Crippen LogP contribution >= 0.6 is 0 Å². The molecule has 3 aromatic carbocycles. The van der Waals surface area contributed by atoms with E-state index in [9.17, 15) is 4.79 Å². The number of hydrogen-bond donors (Lipinski definition) is 1. The van der Waals surface area contributed by atoms with E-state index in [1.807, 2.05) is 42.5 Å². The molecule has 0 aliphatic heterocycles. The van der Waals surface area contributed by atoms with Gasteiger partial charge in [-0.15, -0.1) is 0 Å². The van der Waals surface area contributed by atoms with Gasteiger partial charge < -0.3 is 5.32 Å². The van der Waals surface area contributed by atoms with Gasteiger partial charge in [-0.2, -0.15) is 0 Å². The van der Waals surface area contributed by atoms with Gasteiger partial charge in [0, 0.05) is 12.6 Å². The Hall–Kier alpha value is -2.35. The van der Waals surface area contributed by atoms with Gasteiger partial charge in [-0.25, -0.2) is 0 Å². The van der Waals surface area contributed by atoms with E-state index in [1.165, 1.54) is 5.39 Å². The van der Waals surface area contributed by atoms with Crippen LogP contribution in [0.2, 0.25) is 0 Å². The van der Waals surface area contributed by atoms with Crippen molar-refractivity contribution in [2.24, 2.45) is 0 Å². The fourth-order valence-electron chi connectivity index (χ4n) is 2.38. The molecule has 0 aromatic heterocycles. The van der Waals surface area contributed by atoms with Crippen molar-refractivity contribution < 1.29 is 4.79 Å². The van der Waals surface area contributed by atoms with Crippen LogP contribution in [0.3, 0.4) is 0 Å². The zero-order valence-electron chi connectivity index (χ0n) is 10.1. The highest BCUT2D eigenvalue weighted by atomic mass is 16.1. The van der Waals surface area contributed by atoms with E-state index in [1.54, 1.807) is 7.05 Å². The lowest BCUT2D eigenvalue weighted by Gasteiger charge is -2.09. The molecular weight excluding hydrogens is 222 g/mol. The van der Waals surface area contributed by atoms with Crippen LogP contribution in [0.5, 0.6) is 0 Å². The quantitative estimate of drug-likeness (QED) is 0.644. The third-order valence-corrected chi connectivity index (χ3v) is 3.24. The Kier molecular flexibility index (Phi) is 2.49. The first-order valence-corrected chi connectivity index (χ1v) is 5.94. The van der Waals surface area contributed by atoms with Crippen molar-refractivity contribution in [1.29, 1.82) is 0 Å². The molecule has 0 unspecified atom stereocenters. The van der Waals surface area contributed by atoms with Crippen molar-refractivity contribution in [2.45, 2.75) is 0 Å². The minimum Gasteiger partial charge on any atom is -0.355 e. The molecule has 2 heteroatoms. The van der Waals surface area contributed by atoms with E-state index >= 15 is 0 Å². The van der Waals surface area contributed by atoms with Gasteiger partial charge in [0.15, 0.2) is 0 Å². The van der Waals surface area contributed by atoms with Crippen molar-refractivity contribution in [3.63, 3.8) is 0 Å². The molecule has 2 nitrogen and oxygen atoms in total. The van der Waals surface area contributed by atoms with E-state index in [0.29, 0.717) is 0 Å². The highest BCUT2D eigenvalue weighted by Gasteiger charge is 2.10. The lowest BCUT2D eigenvalue weighted by molar-refractivity contribution is 0.0965. The third kappa shape index (κ3) is 1.54. The molecular formula is C16H13NO. The predicted octanol–water partition coefficient (Wildman–Crippen LogP) is 3.35. The summed E-state index contributed by atoms with van der Waals surface area (Å²) in [5.41, 5.74) is 0.729. The van der Waals surface area contributed by atoms with Crippen molar-refractivity contribution in [1.82, 2.24) is 5.32 Å². The molecule has 0 spiro atoms. The van der Waals surface area contributed by atoms with Gasteiger partial charge in [-0.1, -0.05) is 48.5 Å². The van der Waals surface area contributed by atoms with Gasteiger partial charge in [-0.05, 0) is 27.6 Å². The van der Waals surface area contributed by atoms with Gasteiger partial charge in [0.1, 0.15) is 0 Å². The third-order valence-electron chi connectivity index (χ3n) is 3.24. The second kappa shape index (κ2) is 4.15. The normalized spacial score (nSPS) is 10.7. The number of benzene rings is 3. The van der Waals surface area contributed by atoms with E-state index < -0.39 is 0 Å². The van der Waals surface area contributed by atoms with Crippen LogP contribution < -0.4 is 5.32 Å². The van der Waals surface area contributed by atoms with Crippen molar-refractivity contribution in [2.75, 3.05) is 7.05 Å². The molecule has 0 radical (unpaired) electrons. The Bertz CT molecular complexity index is 746. The number of carbonyl (C=O) groups is 1. The van der Waals surface area contributed by atoms with Crippen molar-refractivity contribution in [3.05, 3.63) is 60.2 Å². The van der Waals surface area contributed by atoms with Gasteiger partial charge in [0.05, 0.1) is 0 Å². The lowest BCUT2D eigenvalue weighted by Crippen LogP contribution is -2.18. The van der Waals surface area contributed by atoms with Crippen LogP contribution in [0.1, 0.15) is 10.4 Å². The number of fused-ring (bicyclic) bond motifs is 3. The summed E-state index contributed by atoms with van der Waals surface area (Å²) in [6.07, 6.45) is 0. The predicted molar refractivity (Wildman–Crippen MR) is 74.8 cm³/mol. The van der Waals surface area contributed by atoms with Crippen LogP contribution in [-0.2, 0) is 0 Å². The maximum Gasteiger partial charge on any atom is 0.251 e. The van der Waals surface area contributed by atoms with Crippen LogP contribution in [-0.4, -0.2) is 13.0 Å². The average Bonchev–Trinajstić information content (AvgIpc) is 2.45. The first-order chi connectivity index (χ1) is 8.81. The lowest BCUT2D eigenvalue weighted by atomic mass is 9.97. The summed E-state index contributed by atoms with van der Waals surface area (Å²) >= 11 is 0. The molecule has 3 aromatic rings. The minimum atomic E-state index is -0.0445. The fraction of sp³-hybridized carbons (Fsp3) is 0.0625. The number of rotatable bonds is 1. The molecule has 18 heavy (non-hydrogen) atoms. The molecule has 0 saturated heterocycles. The smallest absolute Gasteiger partial charge is 0.251 e. The summed E-state index contributed by atoms with van der Waals surface area (Å²) < 4.78 is 0. The number of amides is 1. The van der Waals surface area contributed by atoms with Crippen molar-refractivity contribution in [3.8, 4) is 0 Å². The average molecular weight is 235 g/mol. The number of nitrogens with one attached hydrogen (secondary N) is 1. The van der Waals surface area contributed by atoms with Crippen LogP contribution in [0.15, 0.2) is 54.6 Å². The topological polar surface area (TPSA) is 29.1 Å². The first kappa shape index (κ1) is 10.8. The first-order valence-electron chi connectivity index (χ1n) is 5.94. The summed E-state index contributed by atoms with van der Waals surface area (Å²) in [4.78, 5) is 12.0. The number of hydrogen-bond acceptors (Lipinski definition) is 1. The highest BCUT2D eigenvalue weighted by Crippen LogP contribution is 2.28. The van der Waals surface area contributed by atoms with Crippen LogP contribution in [0.25, 0.3) is 21.5 Å². The molecule has 1 N–H and O–H groups in total. The summed E-state index contributed by atoms with van der Waals surface area (Å²) in [6, 6.07) is 18.1. The Morgan fingerprint density at radius 1 is 0.889 bits per heavy atom. The second-order valence-corrected chi connectivity index (χ2v) is 4.27. The Balaban J connectivity index is 2.50. The van der Waals surface area contributed by atoms with Gasteiger partial charge in [0.25, 0.3) is 5.91 Å². The van der Waals surface area contributed by atoms with Gasteiger partial charge in [0.2, 0.25) is 0 Å². The molecule has 3 rings (SSSR count).